The van der Waals surface area contributed by atoms with E-state index in [-0.39, 0.29) is 11.7 Å². The Balaban J connectivity index is 1.21. The highest BCUT2D eigenvalue weighted by Crippen LogP contribution is 2.24. The molecular formula is C23H27FN4O3. The molecule has 0 spiro atoms. The molecule has 3 aromatic rings. The number of carbonyl (C=O) groups excluding carboxylic acids is 1. The number of piperidine rings is 1. The van der Waals surface area contributed by atoms with E-state index >= 15 is 0 Å². The Labute approximate surface area is 180 Å². The first-order chi connectivity index (χ1) is 15.0. The molecule has 0 saturated carbocycles. The van der Waals surface area contributed by atoms with E-state index in [1.54, 1.807) is 12.1 Å². The van der Waals surface area contributed by atoms with Crippen LogP contribution < -0.4 is 0 Å². The second-order valence-electron chi connectivity index (χ2n) is 8.19. The molecule has 0 atom stereocenters. The van der Waals surface area contributed by atoms with Gasteiger partial charge in [0.05, 0.1) is 5.69 Å². The molecule has 0 radical (unpaired) electrons. The zero-order valence-corrected chi connectivity index (χ0v) is 17.9. The summed E-state index contributed by atoms with van der Waals surface area (Å²) in [6.45, 7) is 5.38. The van der Waals surface area contributed by atoms with Crippen molar-refractivity contribution in [3.05, 3.63) is 52.9 Å². The molecule has 4 rings (SSSR count). The van der Waals surface area contributed by atoms with Gasteiger partial charge in [0.2, 0.25) is 5.91 Å². The van der Waals surface area contributed by atoms with E-state index in [0.717, 1.165) is 55.8 Å². The average molecular weight is 426 g/mol. The third-order valence-electron chi connectivity index (χ3n) is 6.07. The first-order valence-electron chi connectivity index (χ1n) is 10.8. The second-order valence-corrected chi connectivity index (χ2v) is 8.19. The number of halogens is 1. The molecule has 1 saturated heterocycles. The van der Waals surface area contributed by atoms with Crippen LogP contribution in [0.3, 0.4) is 0 Å². The Bertz CT molecular complexity index is 1000. The van der Waals surface area contributed by atoms with Gasteiger partial charge >= 0.3 is 0 Å². The lowest BCUT2D eigenvalue weighted by atomic mass is 9.92. The van der Waals surface area contributed by atoms with Crippen molar-refractivity contribution in [1.82, 2.24) is 20.2 Å². The fourth-order valence-corrected chi connectivity index (χ4v) is 4.12. The van der Waals surface area contributed by atoms with Gasteiger partial charge < -0.3 is 13.9 Å². The predicted molar refractivity (Wildman–Crippen MR) is 112 cm³/mol. The quantitative estimate of drug-likeness (QED) is 0.560. The van der Waals surface area contributed by atoms with E-state index in [1.807, 2.05) is 18.7 Å². The molecule has 1 fully saturated rings. The highest BCUT2D eigenvalue weighted by molar-refractivity contribution is 5.76. The van der Waals surface area contributed by atoms with Crippen molar-refractivity contribution in [3.63, 3.8) is 0 Å². The van der Waals surface area contributed by atoms with Gasteiger partial charge in [-0.1, -0.05) is 10.3 Å². The topological polar surface area (TPSA) is 85.3 Å². The summed E-state index contributed by atoms with van der Waals surface area (Å²) in [5.74, 6) is 2.32. The van der Waals surface area contributed by atoms with Gasteiger partial charge in [0, 0.05) is 37.1 Å². The number of carbonyl (C=O) groups is 1. The summed E-state index contributed by atoms with van der Waals surface area (Å²) in [6, 6.07) is 6.02. The number of aryl methyl sites for hydroxylation is 3. The van der Waals surface area contributed by atoms with Gasteiger partial charge in [0.1, 0.15) is 11.6 Å². The molecule has 0 aliphatic carbocycles. The lowest BCUT2D eigenvalue weighted by molar-refractivity contribution is -0.132. The molecule has 1 aliphatic rings. The van der Waals surface area contributed by atoms with Crippen LogP contribution in [0.1, 0.15) is 48.5 Å². The molecule has 0 bridgehead atoms. The van der Waals surface area contributed by atoms with E-state index in [2.05, 4.69) is 15.3 Å². The van der Waals surface area contributed by atoms with Gasteiger partial charge in [0.25, 0.3) is 5.89 Å². The SMILES string of the molecule is Cc1noc(C)c1CCC(=O)N1CCC(CCc2noc(-c3ccc(F)cc3)n2)CC1. The van der Waals surface area contributed by atoms with Gasteiger partial charge in [-0.15, -0.1) is 0 Å². The van der Waals surface area contributed by atoms with E-state index < -0.39 is 0 Å². The summed E-state index contributed by atoms with van der Waals surface area (Å²) in [4.78, 5) is 19.0. The summed E-state index contributed by atoms with van der Waals surface area (Å²) >= 11 is 0. The molecule has 3 heterocycles. The molecule has 1 amide bonds. The molecule has 0 unspecified atom stereocenters. The number of aromatic nitrogens is 3. The standard InChI is InChI=1S/C23H27FN4O3/c1-15-20(16(2)30-26-15)8-10-22(29)28-13-11-17(12-14-28)3-9-21-25-23(31-27-21)18-4-6-19(24)7-5-18/h4-7,17H,3,8-14H2,1-2H3. The van der Waals surface area contributed by atoms with Crippen LogP contribution in [0, 0.1) is 25.6 Å². The normalized spacial score (nSPS) is 14.9. The van der Waals surface area contributed by atoms with Crippen molar-refractivity contribution in [1.29, 1.82) is 0 Å². The van der Waals surface area contributed by atoms with Crippen molar-refractivity contribution < 1.29 is 18.2 Å². The molecule has 2 aromatic heterocycles. The predicted octanol–water partition coefficient (Wildman–Crippen LogP) is 4.28. The number of hydrogen-bond acceptors (Lipinski definition) is 6. The van der Waals surface area contributed by atoms with Crippen LogP contribution in [-0.4, -0.2) is 39.2 Å². The summed E-state index contributed by atoms with van der Waals surface area (Å²) in [5.41, 5.74) is 2.62. The molecule has 7 nitrogen and oxygen atoms in total. The number of benzene rings is 1. The van der Waals surface area contributed by atoms with Crippen LogP contribution in [-0.2, 0) is 17.6 Å². The lowest BCUT2D eigenvalue weighted by Crippen LogP contribution is -2.38. The van der Waals surface area contributed by atoms with E-state index in [4.69, 9.17) is 9.05 Å². The second kappa shape index (κ2) is 9.41. The zero-order chi connectivity index (χ0) is 21.8. The summed E-state index contributed by atoms with van der Waals surface area (Å²) in [7, 11) is 0. The number of amides is 1. The minimum atomic E-state index is -0.294. The number of nitrogens with zero attached hydrogens (tertiary/aromatic N) is 4. The fraction of sp³-hybridized carbons (Fsp3) is 0.478. The summed E-state index contributed by atoms with van der Waals surface area (Å²) < 4.78 is 23.5. The number of hydrogen-bond donors (Lipinski definition) is 0. The van der Waals surface area contributed by atoms with Crippen molar-refractivity contribution in [2.24, 2.45) is 5.92 Å². The number of rotatable bonds is 7. The van der Waals surface area contributed by atoms with E-state index in [0.29, 0.717) is 36.0 Å². The highest BCUT2D eigenvalue weighted by atomic mass is 19.1. The smallest absolute Gasteiger partial charge is 0.257 e. The average Bonchev–Trinajstić information content (AvgIpc) is 3.38. The molecule has 8 heteroatoms. The Kier molecular flexibility index (Phi) is 6.44. The van der Waals surface area contributed by atoms with Crippen LogP contribution in [0.5, 0.6) is 0 Å². The molecule has 31 heavy (non-hydrogen) atoms. The summed E-state index contributed by atoms with van der Waals surface area (Å²) in [6.07, 6.45) is 4.83. The Morgan fingerprint density at radius 3 is 2.52 bits per heavy atom. The minimum absolute atomic E-state index is 0.195. The van der Waals surface area contributed by atoms with Crippen LogP contribution in [0.4, 0.5) is 4.39 Å². The van der Waals surface area contributed by atoms with Gasteiger partial charge in [-0.05, 0) is 69.7 Å². The first-order valence-corrected chi connectivity index (χ1v) is 10.8. The van der Waals surface area contributed by atoms with Crippen molar-refractivity contribution >= 4 is 5.91 Å². The maximum absolute atomic E-state index is 13.1. The molecule has 0 N–H and O–H groups in total. The molecule has 1 aromatic carbocycles. The van der Waals surface area contributed by atoms with Crippen molar-refractivity contribution in [2.45, 2.75) is 52.4 Å². The van der Waals surface area contributed by atoms with E-state index in [1.165, 1.54) is 12.1 Å². The van der Waals surface area contributed by atoms with Gasteiger partial charge in [0.15, 0.2) is 5.82 Å². The minimum Gasteiger partial charge on any atom is -0.361 e. The third-order valence-corrected chi connectivity index (χ3v) is 6.07. The van der Waals surface area contributed by atoms with Crippen LogP contribution >= 0.6 is 0 Å². The van der Waals surface area contributed by atoms with Gasteiger partial charge in [-0.2, -0.15) is 4.98 Å². The largest absolute Gasteiger partial charge is 0.361 e. The van der Waals surface area contributed by atoms with E-state index in [9.17, 15) is 9.18 Å². The Morgan fingerprint density at radius 1 is 1.10 bits per heavy atom. The molecule has 1 aliphatic heterocycles. The van der Waals surface area contributed by atoms with Gasteiger partial charge in [-0.3, -0.25) is 4.79 Å². The molecule has 164 valence electrons. The van der Waals surface area contributed by atoms with Crippen LogP contribution in [0.25, 0.3) is 11.5 Å². The number of likely N-dealkylation sites (tertiary alicyclic amines) is 1. The monoisotopic (exact) mass is 426 g/mol. The summed E-state index contributed by atoms with van der Waals surface area (Å²) in [5, 5.41) is 8.00. The fourth-order valence-electron chi connectivity index (χ4n) is 4.12. The highest BCUT2D eigenvalue weighted by Gasteiger charge is 2.23. The zero-order valence-electron chi connectivity index (χ0n) is 17.9. The third kappa shape index (κ3) is 5.18. The van der Waals surface area contributed by atoms with Gasteiger partial charge in [-0.25, -0.2) is 4.39 Å². The van der Waals surface area contributed by atoms with Crippen LogP contribution in [0.15, 0.2) is 33.3 Å². The first kappa shape index (κ1) is 21.2. The lowest BCUT2D eigenvalue weighted by Gasteiger charge is -2.32. The Morgan fingerprint density at radius 2 is 1.84 bits per heavy atom. The maximum atomic E-state index is 13.1. The van der Waals surface area contributed by atoms with Crippen LogP contribution in [0.2, 0.25) is 0 Å². The molecular weight excluding hydrogens is 399 g/mol. The maximum Gasteiger partial charge on any atom is 0.257 e. The Hall–Kier alpha value is -3.03. The van der Waals surface area contributed by atoms with Crippen molar-refractivity contribution in [3.8, 4) is 11.5 Å². The van der Waals surface area contributed by atoms with Crippen molar-refractivity contribution in [2.75, 3.05) is 13.1 Å².